The molecule has 0 aliphatic carbocycles. The predicted molar refractivity (Wildman–Crippen MR) is 81.6 cm³/mol. The first kappa shape index (κ1) is 13.3. The molecule has 3 rings (SSSR count). The van der Waals surface area contributed by atoms with Crippen molar-refractivity contribution < 1.29 is 4.52 Å². The minimum absolute atomic E-state index is 0.382. The molecular weight excluding hydrogens is 264 g/mol. The molecule has 2 heterocycles. The third-order valence-electron chi connectivity index (χ3n) is 3.38. The van der Waals surface area contributed by atoms with E-state index >= 15 is 0 Å². The third kappa shape index (κ3) is 2.50. The topological polar surface area (TPSA) is 77.8 Å². The van der Waals surface area contributed by atoms with Gasteiger partial charge in [0.1, 0.15) is 5.82 Å². The van der Waals surface area contributed by atoms with Crippen LogP contribution < -0.4 is 5.73 Å². The molecule has 0 spiro atoms. The molecule has 0 fully saturated rings. The summed E-state index contributed by atoms with van der Waals surface area (Å²) in [6.45, 7) is 5.91. The average molecular weight is 280 g/mol. The largest absolute Gasteiger partial charge is 0.383 e. The summed E-state index contributed by atoms with van der Waals surface area (Å²) in [6.07, 6.45) is 1.77. The van der Waals surface area contributed by atoms with E-state index in [0.29, 0.717) is 23.1 Å². The van der Waals surface area contributed by atoms with Crippen molar-refractivity contribution >= 4 is 5.82 Å². The van der Waals surface area contributed by atoms with Crippen LogP contribution in [0.15, 0.2) is 35.0 Å². The Hall–Kier alpha value is -2.69. The zero-order valence-electron chi connectivity index (χ0n) is 12.2. The summed E-state index contributed by atoms with van der Waals surface area (Å²) in [5.41, 5.74) is 11.1. The molecule has 0 saturated carbocycles. The summed E-state index contributed by atoms with van der Waals surface area (Å²) >= 11 is 0. The Morgan fingerprint density at radius 3 is 2.57 bits per heavy atom. The number of benzene rings is 1. The second kappa shape index (κ2) is 5.01. The lowest BCUT2D eigenvalue weighted by Gasteiger charge is -2.09. The number of nitrogens with zero attached hydrogens (tertiary/aromatic N) is 3. The van der Waals surface area contributed by atoms with Gasteiger partial charge in [-0.1, -0.05) is 28.9 Å². The molecule has 0 aliphatic rings. The maximum atomic E-state index is 5.94. The quantitative estimate of drug-likeness (QED) is 0.779. The van der Waals surface area contributed by atoms with Crippen LogP contribution in [-0.2, 0) is 0 Å². The summed E-state index contributed by atoms with van der Waals surface area (Å²) in [5.74, 6) is 1.35. The molecule has 2 aromatic heterocycles. The summed E-state index contributed by atoms with van der Waals surface area (Å²) < 4.78 is 5.19. The molecule has 0 amide bonds. The highest BCUT2D eigenvalue weighted by Gasteiger charge is 2.13. The molecule has 2 N–H and O–H groups in total. The number of aryl methyl sites for hydroxylation is 3. The molecule has 5 nitrogen and oxygen atoms in total. The molecule has 5 heteroatoms. The van der Waals surface area contributed by atoms with Gasteiger partial charge in [0.05, 0.1) is 5.56 Å². The fourth-order valence-corrected chi connectivity index (χ4v) is 2.25. The lowest BCUT2D eigenvalue weighted by molar-refractivity contribution is 0.425. The highest BCUT2D eigenvalue weighted by molar-refractivity contribution is 5.76. The number of nitrogens with two attached hydrogens (primary N) is 1. The van der Waals surface area contributed by atoms with E-state index in [4.69, 9.17) is 10.3 Å². The second-order valence-corrected chi connectivity index (χ2v) is 5.12. The van der Waals surface area contributed by atoms with E-state index in [2.05, 4.69) is 47.2 Å². The van der Waals surface area contributed by atoms with Gasteiger partial charge in [0, 0.05) is 11.8 Å². The zero-order chi connectivity index (χ0) is 15.0. The van der Waals surface area contributed by atoms with Crippen LogP contribution in [0, 0.1) is 20.8 Å². The summed E-state index contributed by atoms with van der Waals surface area (Å²) in [6, 6.07) is 8.26. The van der Waals surface area contributed by atoms with Crippen molar-refractivity contribution in [3.05, 3.63) is 47.4 Å². The van der Waals surface area contributed by atoms with Gasteiger partial charge in [0.15, 0.2) is 5.82 Å². The molecule has 0 radical (unpaired) electrons. The Balaban J connectivity index is 2.15. The molecule has 0 aliphatic heterocycles. The predicted octanol–water partition coefficient (Wildman–Crippen LogP) is 3.31. The number of hydrogen-bond acceptors (Lipinski definition) is 5. The molecule has 21 heavy (non-hydrogen) atoms. The van der Waals surface area contributed by atoms with E-state index in [9.17, 15) is 0 Å². The lowest BCUT2D eigenvalue weighted by atomic mass is 9.98. The number of pyridine rings is 1. The maximum absolute atomic E-state index is 5.94. The van der Waals surface area contributed by atoms with Gasteiger partial charge in [-0.05, 0) is 38.0 Å². The third-order valence-corrected chi connectivity index (χ3v) is 3.38. The summed E-state index contributed by atoms with van der Waals surface area (Å²) in [7, 11) is 0. The van der Waals surface area contributed by atoms with Gasteiger partial charge in [0.25, 0.3) is 5.89 Å². The normalized spacial score (nSPS) is 10.8. The summed E-state index contributed by atoms with van der Waals surface area (Å²) in [5, 5.41) is 3.80. The molecule has 1 aromatic carbocycles. The molecule has 0 saturated heterocycles. The van der Waals surface area contributed by atoms with Crippen molar-refractivity contribution in [2.24, 2.45) is 0 Å². The van der Waals surface area contributed by atoms with Crippen molar-refractivity contribution in [1.82, 2.24) is 15.1 Å². The van der Waals surface area contributed by atoms with E-state index in [1.165, 1.54) is 11.1 Å². The Labute approximate surface area is 122 Å². The first-order valence-electron chi connectivity index (χ1n) is 6.68. The molecule has 0 atom stereocenters. The van der Waals surface area contributed by atoms with Gasteiger partial charge in [-0.2, -0.15) is 4.98 Å². The first-order chi connectivity index (χ1) is 10.0. The highest BCUT2D eigenvalue weighted by Crippen LogP contribution is 2.30. The van der Waals surface area contributed by atoms with Gasteiger partial charge >= 0.3 is 0 Å². The zero-order valence-corrected chi connectivity index (χ0v) is 12.2. The molecular formula is C16H16N4O. The van der Waals surface area contributed by atoms with Crippen LogP contribution in [0.4, 0.5) is 5.82 Å². The van der Waals surface area contributed by atoms with Crippen molar-refractivity contribution in [2.45, 2.75) is 20.8 Å². The second-order valence-electron chi connectivity index (χ2n) is 5.12. The van der Waals surface area contributed by atoms with E-state index < -0.39 is 0 Å². The van der Waals surface area contributed by atoms with Gasteiger partial charge in [-0.25, -0.2) is 4.98 Å². The van der Waals surface area contributed by atoms with E-state index in [1.807, 2.05) is 6.07 Å². The van der Waals surface area contributed by atoms with E-state index in [1.54, 1.807) is 13.1 Å². The number of aromatic nitrogens is 3. The average Bonchev–Trinajstić information content (AvgIpc) is 2.89. The molecule has 106 valence electrons. The maximum Gasteiger partial charge on any atom is 0.261 e. The molecule has 0 bridgehead atoms. The van der Waals surface area contributed by atoms with Gasteiger partial charge in [-0.15, -0.1) is 0 Å². The summed E-state index contributed by atoms with van der Waals surface area (Å²) in [4.78, 5) is 8.48. The van der Waals surface area contributed by atoms with Crippen LogP contribution in [0.3, 0.4) is 0 Å². The Morgan fingerprint density at radius 1 is 1.05 bits per heavy atom. The van der Waals surface area contributed by atoms with Gasteiger partial charge in [0.2, 0.25) is 0 Å². The standard InChI is InChI=1S/C16H16N4O/c1-9-4-5-10(2)13(6-9)12-7-14(15(17)18-8-12)16-19-11(3)20-21-16/h4-8H,1-3H3,(H2,17,18). The Bertz CT molecular complexity index is 808. The lowest BCUT2D eigenvalue weighted by Crippen LogP contribution is -1.96. The van der Waals surface area contributed by atoms with E-state index in [0.717, 1.165) is 11.1 Å². The van der Waals surface area contributed by atoms with Crippen LogP contribution in [0.2, 0.25) is 0 Å². The van der Waals surface area contributed by atoms with Crippen LogP contribution in [0.25, 0.3) is 22.6 Å². The van der Waals surface area contributed by atoms with E-state index in [-0.39, 0.29) is 0 Å². The number of anilines is 1. The van der Waals surface area contributed by atoms with Crippen molar-refractivity contribution in [3.63, 3.8) is 0 Å². The number of hydrogen-bond donors (Lipinski definition) is 1. The highest BCUT2D eigenvalue weighted by atomic mass is 16.5. The monoisotopic (exact) mass is 280 g/mol. The van der Waals surface area contributed by atoms with Crippen LogP contribution >= 0.6 is 0 Å². The van der Waals surface area contributed by atoms with Crippen LogP contribution in [0.1, 0.15) is 17.0 Å². The Morgan fingerprint density at radius 2 is 1.86 bits per heavy atom. The Kier molecular flexibility index (Phi) is 3.17. The minimum atomic E-state index is 0.382. The molecule has 0 unspecified atom stereocenters. The van der Waals surface area contributed by atoms with Gasteiger partial charge in [-0.3, -0.25) is 0 Å². The van der Waals surface area contributed by atoms with Gasteiger partial charge < -0.3 is 10.3 Å². The molecule has 3 aromatic rings. The number of rotatable bonds is 2. The van der Waals surface area contributed by atoms with Crippen molar-refractivity contribution in [3.8, 4) is 22.6 Å². The fraction of sp³-hybridized carbons (Fsp3) is 0.188. The smallest absolute Gasteiger partial charge is 0.261 e. The van der Waals surface area contributed by atoms with Crippen LogP contribution in [0.5, 0.6) is 0 Å². The SMILES string of the molecule is Cc1ccc(C)c(-c2cnc(N)c(-c3nc(C)no3)c2)c1. The number of nitrogen functional groups attached to an aromatic ring is 1. The first-order valence-corrected chi connectivity index (χ1v) is 6.68. The van der Waals surface area contributed by atoms with Crippen molar-refractivity contribution in [1.29, 1.82) is 0 Å². The fourth-order valence-electron chi connectivity index (χ4n) is 2.25. The van der Waals surface area contributed by atoms with Crippen molar-refractivity contribution in [2.75, 3.05) is 5.73 Å². The minimum Gasteiger partial charge on any atom is -0.383 e. The van der Waals surface area contributed by atoms with Crippen LogP contribution in [-0.4, -0.2) is 15.1 Å².